The molecule has 4 rings (SSSR count). The third-order valence-corrected chi connectivity index (χ3v) is 5.68. The van der Waals surface area contributed by atoms with E-state index in [4.69, 9.17) is 10.8 Å². The molecule has 0 aliphatic carbocycles. The van der Waals surface area contributed by atoms with Crippen molar-refractivity contribution in [3.8, 4) is 29.7 Å². The lowest BCUT2D eigenvalue weighted by atomic mass is 10.1. The summed E-state index contributed by atoms with van der Waals surface area (Å²) in [5.41, 5.74) is 1.41. The number of aryl methyl sites for hydroxylation is 1. The first-order valence-electron chi connectivity index (χ1n) is 8.42. The molecule has 0 radical (unpaired) electrons. The summed E-state index contributed by atoms with van der Waals surface area (Å²) >= 11 is 2.45. The zero-order chi connectivity index (χ0) is 21.1. The lowest BCUT2D eigenvalue weighted by Gasteiger charge is -2.10. The highest BCUT2D eigenvalue weighted by atomic mass is 32.2. The van der Waals surface area contributed by atoms with E-state index in [-0.39, 0.29) is 5.56 Å². The summed E-state index contributed by atoms with van der Waals surface area (Å²) in [6.07, 6.45) is 5.37. The van der Waals surface area contributed by atoms with E-state index >= 15 is 0 Å². The maximum absolute atomic E-state index is 11.4. The number of aromatic nitrogens is 6. The predicted octanol–water partition coefficient (Wildman–Crippen LogP) is 2.52. The summed E-state index contributed by atoms with van der Waals surface area (Å²) in [6, 6.07) is 10.4. The summed E-state index contributed by atoms with van der Waals surface area (Å²) in [4.78, 5) is 20.5. The van der Waals surface area contributed by atoms with E-state index < -0.39 is 5.63 Å². The standard InChI is InChI=1S/C19H11N7O2S2/c1-3-8-29-18-21-16(12-4-6-14-11(9-12)5-7-15(27)28-14)13(10-20)17(22-18)30-19-23-24-25-26(19)2/h1,4-7,9H,8H2,2H3. The molecule has 0 saturated heterocycles. The molecule has 0 bridgehead atoms. The van der Waals surface area contributed by atoms with Gasteiger partial charge in [0.2, 0.25) is 5.16 Å². The van der Waals surface area contributed by atoms with E-state index in [0.29, 0.717) is 43.3 Å². The minimum atomic E-state index is -0.432. The molecule has 0 fully saturated rings. The van der Waals surface area contributed by atoms with Gasteiger partial charge in [0.1, 0.15) is 22.2 Å². The summed E-state index contributed by atoms with van der Waals surface area (Å²) in [7, 11) is 1.70. The second-order valence-corrected chi connectivity index (χ2v) is 7.73. The Morgan fingerprint density at radius 3 is 2.87 bits per heavy atom. The number of fused-ring (bicyclic) bond motifs is 1. The molecular weight excluding hydrogens is 422 g/mol. The Morgan fingerprint density at radius 1 is 1.27 bits per heavy atom. The maximum atomic E-state index is 11.4. The molecule has 0 amide bonds. The maximum Gasteiger partial charge on any atom is 0.336 e. The Kier molecular flexibility index (Phi) is 5.48. The van der Waals surface area contributed by atoms with Crippen LogP contribution in [0.2, 0.25) is 0 Å². The van der Waals surface area contributed by atoms with Crippen LogP contribution in [0.25, 0.3) is 22.2 Å². The van der Waals surface area contributed by atoms with Gasteiger partial charge in [-0.3, -0.25) is 0 Å². The average molecular weight is 433 g/mol. The first kappa shape index (κ1) is 19.6. The monoisotopic (exact) mass is 433 g/mol. The Bertz CT molecular complexity index is 1400. The zero-order valence-corrected chi connectivity index (χ0v) is 17.1. The molecule has 0 saturated carbocycles. The van der Waals surface area contributed by atoms with Crippen molar-refractivity contribution in [2.75, 3.05) is 5.75 Å². The topological polar surface area (TPSA) is 123 Å². The van der Waals surface area contributed by atoms with Crippen molar-refractivity contribution in [2.45, 2.75) is 15.3 Å². The number of thioether (sulfide) groups is 1. The van der Waals surface area contributed by atoms with Crippen LogP contribution >= 0.6 is 23.5 Å². The summed E-state index contributed by atoms with van der Waals surface area (Å²) < 4.78 is 6.67. The minimum absolute atomic E-state index is 0.282. The van der Waals surface area contributed by atoms with Gasteiger partial charge in [-0.15, -0.1) is 11.5 Å². The number of hydrogen-bond acceptors (Lipinski definition) is 10. The van der Waals surface area contributed by atoms with Gasteiger partial charge in [-0.25, -0.2) is 19.4 Å². The van der Waals surface area contributed by atoms with Gasteiger partial charge in [-0.2, -0.15) is 5.26 Å². The third kappa shape index (κ3) is 3.89. The highest BCUT2D eigenvalue weighted by molar-refractivity contribution is 7.99. The molecule has 3 heterocycles. The number of hydrogen-bond donors (Lipinski definition) is 0. The molecule has 0 aliphatic rings. The van der Waals surface area contributed by atoms with Gasteiger partial charge >= 0.3 is 5.63 Å². The van der Waals surface area contributed by atoms with Crippen LogP contribution in [-0.4, -0.2) is 35.9 Å². The van der Waals surface area contributed by atoms with Crippen LogP contribution in [-0.2, 0) is 7.05 Å². The molecule has 0 aliphatic heterocycles. The Labute approximate surface area is 178 Å². The molecule has 30 heavy (non-hydrogen) atoms. The van der Waals surface area contributed by atoms with Crippen LogP contribution < -0.4 is 5.63 Å². The number of rotatable bonds is 5. The van der Waals surface area contributed by atoms with Crippen molar-refractivity contribution in [3.05, 3.63) is 46.3 Å². The van der Waals surface area contributed by atoms with E-state index in [0.717, 1.165) is 11.8 Å². The van der Waals surface area contributed by atoms with Crippen LogP contribution in [0.15, 0.2) is 54.9 Å². The highest BCUT2D eigenvalue weighted by Crippen LogP contribution is 2.34. The van der Waals surface area contributed by atoms with E-state index in [1.165, 1.54) is 22.5 Å². The van der Waals surface area contributed by atoms with Crippen LogP contribution in [0, 0.1) is 23.7 Å². The summed E-state index contributed by atoms with van der Waals surface area (Å²) in [5, 5.41) is 23.3. The van der Waals surface area contributed by atoms with Crippen molar-refractivity contribution < 1.29 is 4.42 Å². The molecule has 3 aromatic heterocycles. The van der Waals surface area contributed by atoms with E-state index in [9.17, 15) is 10.1 Å². The van der Waals surface area contributed by atoms with Gasteiger partial charge in [0.25, 0.3) is 0 Å². The van der Waals surface area contributed by atoms with Crippen LogP contribution in [0.3, 0.4) is 0 Å². The SMILES string of the molecule is C#CCSc1nc(Sc2nnnn2C)c(C#N)c(-c2ccc3oc(=O)ccc3c2)n1. The van der Waals surface area contributed by atoms with Crippen molar-refractivity contribution in [2.24, 2.45) is 7.05 Å². The van der Waals surface area contributed by atoms with Gasteiger partial charge in [-0.05, 0) is 46.5 Å². The number of nitrogens with zero attached hydrogens (tertiary/aromatic N) is 7. The highest BCUT2D eigenvalue weighted by Gasteiger charge is 2.19. The van der Waals surface area contributed by atoms with Gasteiger partial charge < -0.3 is 4.42 Å². The zero-order valence-electron chi connectivity index (χ0n) is 15.4. The fourth-order valence-corrected chi connectivity index (χ4v) is 3.97. The Balaban J connectivity index is 1.89. The molecular formula is C19H11N7O2S2. The van der Waals surface area contributed by atoms with Crippen molar-refractivity contribution in [1.82, 2.24) is 30.2 Å². The number of nitriles is 1. The first-order chi connectivity index (χ1) is 14.6. The van der Waals surface area contributed by atoms with Crippen molar-refractivity contribution in [1.29, 1.82) is 5.26 Å². The van der Waals surface area contributed by atoms with E-state index in [1.807, 2.05) is 0 Å². The van der Waals surface area contributed by atoms with Gasteiger partial charge in [0.05, 0.1) is 11.4 Å². The molecule has 0 N–H and O–H groups in total. The summed E-state index contributed by atoms with van der Waals surface area (Å²) in [5.74, 6) is 2.92. The molecule has 0 atom stereocenters. The van der Waals surface area contributed by atoms with Gasteiger partial charge in [0, 0.05) is 24.1 Å². The number of tetrazole rings is 1. The molecule has 146 valence electrons. The van der Waals surface area contributed by atoms with E-state index in [1.54, 1.807) is 31.3 Å². The molecule has 0 spiro atoms. The second kappa shape index (κ2) is 8.37. The first-order valence-corrected chi connectivity index (χ1v) is 10.2. The number of terminal acetylenes is 1. The largest absolute Gasteiger partial charge is 0.423 e. The second-order valence-electron chi connectivity index (χ2n) is 5.83. The van der Waals surface area contributed by atoms with Crippen LogP contribution in [0.1, 0.15) is 5.56 Å². The van der Waals surface area contributed by atoms with E-state index in [2.05, 4.69) is 37.5 Å². The predicted molar refractivity (Wildman–Crippen MR) is 111 cm³/mol. The van der Waals surface area contributed by atoms with Crippen LogP contribution in [0.5, 0.6) is 0 Å². The fourth-order valence-electron chi connectivity index (χ4n) is 2.59. The lowest BCUT2D eigenvalue weighted by Crippen LogP contribution is -2.01. The molecule has 4 aromatic rings. The number of benzene rings is 1. The van der Waals surface area contributed by atoms with Crippen LogP contribution in [0.4, 0.5) is 0 Å². The van der Waals surface area contributed by atoms with Gasteiger partial charge in [-0.1, -0.05) is 17.7 Å². The fraction of sp³-hybridized carbons (Fsp3) is 0.105. The smallest absolute Gasteiger partial charge is 0.336 e. The molecule has 1 aromatic carbocycles. The lowest BCUT2D eigenvalue weighted by molar-refractivity contribution is 0.561. The average Bonchev–Trinajstić information content (AvgIpc) is 3.15. The Hall–Kier alpha value is -3.67. The molecule has 9 nitrogen and oxygen atoms in total. The molecule has 11 heteroatoms. The Morgan fingerprint density at radius 2 is 2.13 bits per heavy atom. The quantitative estimate of drug-likeness (QED) is 0.152. The van der Waals surface area contributed by atoms with Gasteiger partial charge in [0.15, 0.2) is 5.16 Å². The normalized spacial score (nSPS) is 10.6. The van der Waals surface area contributed by atoms with Crippen molar-refractivity contribution in [3.63, 3.8) is 0 Å². The third-order valence-electron chi connectivity index (χ3n) is 3.91. The van der Waals surface area contributed by atoms with Crippen molar-refractivity contribution >= 4 is 34.5 Å². The summed E-state index contributed by atoms with van der Waals surface area (Å²) in [6.45, 7) is 0. The minimum Gasteiger partial charge on any atom is -0.423 e. The molecule has 0 unspecified atom stereocenters.